The summed E-state index contributed by atoms with van der Waals surface area (Å²) < 4.78 is 21.1. The molecule has 0 saturated heterocycles. The zero-order chi connectivity index (χ0) is 17.4. The average molecular weight is 335 g/mol. The Labute approximate surface area is 142 Å². The van der Waals surface area contributed by atoms with Crippen molar-refractivity contribution in [2.45, 2.75) is 13.5 Å². The molecule has 0 saturated carbocycles. The lowest BCUT2D eigenvalue weighted by molar-refractivity contribution is 0.431. The molecule has 0 aliphatic rings. The van der Waals surface area contributed by atoms with Gasteiger partial charge in [0.2, 0.25) is 11.3 Å². The molecule has 124 valence electrons. The Kier molecular flexibility index (Phi) is 3.65. The summed E-state index contributed by atoms with van der Waals surface area (Å²) in [4.78, 5) is 17.0. The number of rotatable bonds is 3. The zero-order valence-electron chi connectivity index (χ0n) is 13.4. The van der Waals surface area contributed by atoms with Gasteiger partial charge >= 0.3 is 0 Å². The molecule has 0 bridgehead atoms. The Morgan fingerprint density at radius 1 is 1.08 bits per heavy atom. The van der Waals surface area contributed by atoms with Gasteiger partial charge in [0.05, 0.1) is 11.1 Å². The highest BCUT2D eigenvalue weighted by Gasteiger charge is 2.18. The predicted molar refractivity (Wildman–Crippen MR) is 92.6 cm³/mol. The lowest BCUT2D eigenvalue weighted by atomic mass is 10.1. The topological polar surface area (TPSA) is 60.9 Å². The maximum Gasteiger partial charge on any atom is 0.263 e. The van der Waals surface area contributed by atoms with Crippen molar-refractivity contribution in [2.24, 2.45) is 0 Å². The van der Waals surface area contributed by atoms with Crippen molar-refractivity contribution >= 4 is 10.9 Å². The van der Waals surface area contributed by atoms with Gasteiger partial charge < -0.3 is 9.09 Å². The minimum absolute atomic E-state index is 0.0798. The lowest BCUT2D eigenvalue weighted by Crippen LogP contribution is -2.11. The van der Waals surface area contributed by atoms with Gasteiger partial charge in [0.1, 0.15) is 11.4 Å². The van der Waals surface area contributed by atoms with Gasteiger partial charge in [0, 0.05) is 18.1 Å². The molecule has 0 amide bonds. The molecule has 2 aromatic carbocycles. The monoisotopic (exact) mass is 335 g/mol. The third kappa shape index (κ3) is 2.52. The summed E-state index contributed by atoms with van der Waals surface area (Å²) in [6, 6.07) is 13.5. The van der Waals surface area contributed by atoms with Crippen molar-refractivity contribution in [2.75, 3.05) is 0 Å². The second kappa shape index (κ2) is 5.98. The van der Waals surface area contributed by atoms with Crippen LogP contribution in [0, 0.1) is 5.82 Å². The second-order valence-electron chi connectivity index (χ2n) is 5.58. The van der Waals surface area contributed by atoms with E-state index < -0.39 is 5.82 Å². The number of aromatic nitrogens is 3. The first-order chi connectivity index (χ1) is 12.2. The minimum atomic E-state index is -0.445. The van der Waals surface area contributed by atoms with Gasteiger partial charge in [-0.15, -0.1) is 0 Å². The fourth-order valence-electron chi connectivity index (χ4n) is 2.84. The molecule has 4 rings (SSSR count). The SMILES string of the molecule is CCn1cc(-c2nc(-c3ccccc3F)no2)c(=O)c2ccccc21. The van der Waals surface area contributed by atoms with Crippen molar-refractivity contribution in [1.82, 2.24) is 14.7 Å². The van der Waals surface area contributed by atoms with Crippen molar-refractivity contribution in [3.63, 3.8) is 0 Å². The van der Waals surface area contributed by atoms with Crippen LogP contribution >= 0.6 is 0 Å². The smallest absolute Gasteiger partial charge is 0.263 e. The zero-order valence-corrected chi connectivity index (χ0v) is 13.4. The molecule has 0 radical (unpaired) electrons. The molecular formula is C19H14FN3O2. The molecule has 0 spiro atoms. The Bertz CT molecular complexity index is 1130. The van der Waals surface area contributed by atoms with Crippen LogP contribution in [0.5, 0.6) is 0 Å². The number of aryl methyl sites for hydroxylation is 1. The van der Waals surface area contributed by atoms with Crippen LogP contribution in [-0.2, 0) is 6.54 Å². The van der Waals surface area contributed by atoms with Crippen LogP contribution in [0.3, 0.4) is 0 Å². The van der Waals surface area contributed by atoms with Crippen LogP contribution < -0.4 is 5.43 Å². The number of hydrogen-bond donors (Lipinski definition) is 0. The van der Waals surface area contributed by atoms with E-state index in [4.69, 9.17) is 4.52 Å². The first-order valence-electron chi connectivity index (χ1n) is 7.90. The van der Waals surface area contributed by atoms with E-state index in [2.05, 4.69) is 10.1 Å². The highest BCUT2D eigenvalue weighted by molar-refractivity contribution is 5.82. The number of fused-ring (bicyclic) bond motifs is 1. The Morgan fingerprint density at radius 3 is 2.64 bits per heavy atom. The molecule has 0 N–H and O–H groups in total. The molecule has 0 unspecified atom stereocenters. The molecule has 0 aliphatic heterocycles. The molecule has 2 heterocycles. The second-order valence-corrected chi connectivity index (χ2v) is 5.58. The largest absolute Gasteiger partial charge is 0.347 e. The van der Waals surface area contributed by atoms with E-state index in [-0.39, 0.29) is 22.7 Å². The van der Waals surface area contributed by atoms with Gasteiger partial charge in [-0.05, 0) is 31.2 Å². The number of para-hydroxylation sites is 1. The fourth-order valence-corrected chi connectivity index (χ4v) is 2.84. The summed E-state index contributed by atoms with van der Waals surface area (Å²) in [5, 5.41) is 4.40. The van der Waals surface area contributed by atoms with Crippen molar-refractivity contribution in [3.05, 3.63) is 70.8 Å². The van der Waals surface area contributed by atoms with Gasteiger partial charge in [-0.3, -0.25) is 4.79 Å². The molecule has 0 atom stereocenters. The molecule has 5 nitrogen and oxygen atoms in total. The number of hydrogen-bond acceptors (Lipinski definition) is 4. The number of pyridine rings is 1. The van der Waals surface area contributed by atoms with Crippen molar-refractivity contribution in [3.8, 4) is 22.8 Å². The minimum Gasteiger partial charge on any atom is -0.347 e. The summed E-state index contributed by atoms with van der Waals surface area (Å²) in [6.45, 7) is 2.67. The van der Waals surface area contributed by atoms with Gasteiger partial charge in [-0.25, -0.2) is 4.39 Å². The highest BCUT2D eigenvalue weighted by atomic mass is 19.1. The molecule has 25 heavy (non-hydrogen) atoms. The van der Waals surface area contributed by atoms with E-state index in [1.807, 2.05) is 29.7 Å². The first kappa shape index (κ1) is 15.3. The van der Waals surface area contributed by atoms with Gasteiger partial charge in [-0.1, -0.05) is 29.4 Å². The van der Waals surface area contributed by atoms with Crippen LogP contribution in [0.2, 0.25) is 0 Å². The average Bonchev–Trinajstić information content (AvgIpc) is 3.12. The van der Waals surface area contributed by atoms with Crippen molar-refractivity contribution in [1.29, 1.82) is 0 Å². The molecule has 0 fully saturated rings. The highest BCUT2D eigenvalue weighted by Crippen LogP contribution is 2.24. The molecule has 2 aromatic heterocycles. The van der Waals surface area contributed by atoms with E-state index in [0.29, 0.717) is 17.5 Å². The van der Waals surface area contributed by atoms with Crippen LogP contribution in [0.1, 0.15) is 6.92 Å². The fraction of sp³-hybridized carbons (Fsp3) is 0.105. The Morgan fingerprint density at radius 2 is 1.84 bits per heavy atom. The molecule has 6 heteroatoms. The summed E-state index contributed by atoms with van der Waals surface area (Å²) in [5.41, 5.74) is 1.18. The molecular weight excluding hydrogens is 321 g/mol. The summed E-state index contributed by atoms with van der Waals surface area (Å²) in [5.74, 6) is -0.251. The first-order valence-corrected chi connectivity index (χ1v) is 7.90. The van der Waals surface area contributed by atoms with E-state index in [9.17, 15) is 9.18 Å². The van der Waals surface area contributed by atoms with Gasteiger partial charge in [-0.2, -0.15) is 4.98 Å². The number of nitrogens with zero attached hydrogens (tertiary/aromatic N) is 3. The third-order valence-electron chi connectivity index (χ3n) is 4.10. The van der Waals surface area contributed by atoms with Crippen LogP contribution in [0.25, 0.3) is 33.7 Å². The lowest BCUT2D eigenvalue weighted by Gasteiger charge is -2.09. The normalized spacial score (nSPS) is 11.1. The van der Waals surface area contributed by atoms with Crippen molar-refractivity contribution < 1.29 is 8.91 Å². The van der Waals surface area contributed by atoms with Crippen LogP contribution in [0.15, 0.2) is 64.0 Å². The summed E-state index contributed by atoms with van der Waals surface area (Å²) >= 11 is 0. The van der Waals surface area contributed by atoms with E-state index in [0.717, 1.165) is 5.52 Å². The third-order valence-corrected chi connectivity index (χ3v) is 4.10. The standard InChI is InChI=1S/C19H14FN3O2/c1-2-23-11-14(17(24)13-8-4-6-10-16(13)23)19-21-18(22-25-19)12-7-3-5-9-15(12)20/h3-11H,2H2,1H3. The maximum atomic E-state index is 13.9. The molecule has 4 aromatic rings. The van der Waals surface area contributed by atoms with Gasteiger partial charge in [0.25, 0.3) is 5.89 Å². The summed E-state index contributed by atoms with van der Waals surface area (Å²) in [7, 11) is 0. The van der Waals surface area contributed by atoms with E-state index in [1.165, 1.54) is 6.07 Å². The maximum absolute atomic E-state index is 13.9. The summed E-state index contributed by atoms with van der Waals surface area (Å²) in [6.07, 6.45) is 1.70. The van der Waals surface area contributed by atoms with Crippen LogP contribution in [0.4, 0.5) is 4.39 Å². The van der Waals surface area contributed by atoms with Crippen LogP contribution in [-0.4, -0.2) is 14.7 Å². The van der Waals surface area contributed by atoms with E-state index >= 15 is 0 Å². The number of benzene rings is 2. The quantitative estimate of drug-likeness (QED) is 0.570. The van der Waals surface area contributed by atoms with E-state index in [1.54, 1.807) is 30.5 Å². The van der Waals surface area contributed by atoms with Gasteiger partial charge in [0.15, 0.2) is 0 Å². The Hall–Kier alpha value is -3.28. The Balaban J connectivity index is 1.90. The predicted octanol–water partition coefficient (Wildman–Crippen LogP) is 3.88. The molecule has 0 aliphatic carbocycles. The number of halogens is 1.